The second-order valence-electron chi connectivity index (χ2n) is 6.80. The molecule has 1 heterocycles. The van der Waals surface area contributed by atoms with Gasteiger partial charge in [-0.25, -0.2) is 8.42 Å². The molecule has 0 aromatic heterocycles. The van der Waals surface area contributed by atoms with Gasteiger partial charge in [0.2, 0.25) is 0 Å². The maximum Gasteiger partial charge on any atom is 0.178 e. The summed E-state index contributed by atoms with van der Waals surface area (Å²) in [4.78, 5) is 0.424. The average molecular weight is 324 g/mol. The SMILES string of the molecule is CC1(CCS(=O)(=O)c2ccccc2)CCC2(CC1)OCCO2. The van der Waals surface area contributed by atoms with Crippen LogP contribution < -0.4 is 0 Å². The van der Waals surface area contributed by atoms with E-state index in [-0.39, 0.29) is 17.0 Å². The highest BCUT2D eigenvalue weighted by Gasteiger charge is 2.44. The average Bonchev–Trinajstić information content (AvgIpc) is 2.99. The van der Waals surface area contributed by atoms with E-state index in [0.29, 0.717) is 24.5 Å². The molecule has 0 bridgehead atoms. The van der Waals surface area contributed by atoms with Gasteiger partial charge in [-0.1, -0.05) is 25.1 Å². The molecule has 1 saturated heterocycles. The molecule has 3 rings (SSSR count). The number of hydrogen-bond donors (Lipinski definition) is 0. The normalized spacial score (nSPS) is 23.7. The van der Waals surface area contributed by atoms with Crippen LogP contribution in [0.3, 0.4) is 0 Å². The minimum absolute atomic E-state index is 0.0579. The zero-order valence-electron chi connectivity index (χ0n) is 13.1. The van der Waals surface area contributed by atoms with Crippen molar-refractivity contribution in [3.8, 4) is 0 Å². The van der Waals surface area contributed by atoms with Gasteiger partial charge in [0, 0.05) is 12.8 Å². The van der Waals surface area contributed by atoms with Crippen molar-refractivity contribution in [2.45, 2.75) is 49.7 Å². The molecule has 1 spiro atoms. The first-order chi connectivity index (χ1) is 10.4. The molecule has 22 heavy (non-hydrogen) atoms. The first-order valence-electron chi connectivity index (χ1n) is 7.99. The highest BCUT2D eigenvalue weighted by molar-refractivity contribution is 7.91. The third-order valence-corrected chi connectivity index (χ3v) is 6.84. The van der Waals surface area contributed by atoms with Crippen LogP contribution >= 0.6 is 0 Å². The Kier molecular flexibility index (Phi) is 4.32. The van der Waals surface area contributed by atoms with Crippen LogP contribution in [-0.2, 0) is 19.3 Å². The molecule has 1 aromatic carbocycles. The van der Waals surface area contributed by atoms with E-state index in [0.717, 1.165) is 25.7 Å². The van der Waals surface area contributed by atoms with Gasteiger partial charge in [0.25, 0.3) is 0 Å². The maximum atomic E-state index is 12.4. The van der Waals surface area contributed by atoms with Crippen molar-refractivity contribution in [3.05, 3.63) is 30.3 Å². The lowest BCUT2D eigenvalue weighted by atomic mass is 9.72. The van der Waals surface area contributed by atoms with Crippen LogP contribution in [0.1, 0.15) is 39.0 Å². The maximum absolute atomic E-state index is 12.4. The number of sulfone groups is 1. The summed E-state index contributed by atoms with van der Waals surface area (Å²) in [5, 5.41) is 0. The molecule has 1 aliphatic heterocycles. The monoisotopic (exact) mass is 324 g/mol. The van der Waals surface area contributed by atoms with E-state index in [2.05, 4.69) is 6.92 Å². The van der Waals surface area contributed by atoms with Gasteiger partial charge in [-0.05, 0) is 36.8 Å². The summed E-state index contributed by atoms with van der Waals surface area (Å²) in [6, 6.07) is 8.73. The van der Waals surface area contributed by atoms with E-state index in [1.807, 2.05) is 6.07 Å². The molecule has 1 aliphatic carbocycles. The first kappa shape index (κ1) is 16.0. The highest BCUT2D eigenvalue weighted by Crippen LogP contribution is 2.46. The van der Waals surface area contributed by atoms with Crippen LogP contribution in [0.4, 0.5) is 0 Å². The molecule has 1 aromatic rings. The fourth-order valence-corrected chi connectivity index (χ4v) is 4.97. The largest absolute Gasteiger partial charge is 0.348 e. The summed E-state index contributed by atoms with van der Waals surface area (Å²) in [7, 11) is -3.19. The highest BCUT2D eigenvalue weighted by atomic mass is 32.2. The number of ether oxygens (including phenoxy) is 2. The van der Waals surface area contributed by atoms with Crippen molar-refractivity contribution >= 4 is 9.84 Å². The van der Waals surface area contributed by atoms with Crippen molar-refractivity contribution in [2.75, 3.05) is 19.0 Å². The Bertz CT molecular complexity index is 593. The second-order valence-corrected chi connectivity index (χ2v) is 8.91. The summed E-state index contributed by atoms with van der Waals surface area (Å²) >= 11 is 0. The van der Waals surface area contributed by atoms with E-state index >= 15 is 0 Å². The van der Waals surface area contributed by atoms with Crippen molar-refractivity contribution in [3.63, 3.8) is 0 Å². The van der Waals surface area contributed by atoms with Crippen LogP contribution in [-0.4, -0.2) is 33.2 Å². The Morgan fingerprint density at radius 1 is 1.00 bits per heavy atom. The van der Waals surface area contributed by atoms with E-state index in [1.54, 1.807) is 24.3 Å². The second kappa shape index (κ2) is 5.95. The van der Waals surface area contributed by atoms with Gasteiger partial charge in [-0.3, -0.25) is 0 Å². The van der Waals surface area contributed by atoms with Crippen LogP contribution in [0.15, 0.2) is 35.2 Å². The van der Waals surface area contributed by atoms with Crippen LogP contribution in [0.25, 0.3) is 0 Å². The van der Waals surface area contributed by atoms with Crippen molar-refractivity contribution in [1.82, 2.24) is 0 Å². The van der Waals surface area contributed by atoms with Crippen LogP contribution in [0.5, 0.6) is 0 Å². The van der Waals surface area contributed by atoms with Crippen LogP contribution in [0, 0.1) is 5.41 Å². The molecule has 0 radical (unpaired) electrons. The third-order valence-electron chi connectivity index (χ3n) is 5.11. The summed E-state index contributed by atoms with van der Waals surface area (Å²) in [5.74, 6) is -0.167. The molecule has 0 N–H and O–H groups in total. The van der Waals surface area contributed by atoms with Gasteiger partial charge in [0.15, 0.2) is 15.6 Å². The summed E-state index contributed by atoms with van der Waals surface area (Å²) in [6.07, 6.45) is 4.35. The minimum Gasteiger partial charge on any atom is -0.348 e. The Labute approximate surface area is 132 Å². The molecule has 2 aliphatic rings. The molecule has 0 unspecified atom stereocenters. The molecule has 4 nitrogen and oxygen atoms in total. The summed E-state index contributed by atoms with van der Waals surface area (Å²) < 4.78 is 36.3. The third kappa shape index (κ3) is 3.36. The zero-order valence-corrected chi connectivity index (χ0v) is 13.9. The standard InChI is InChI=1S/C17H24O4S/c1-16(7-9-17(10-8-16)20-12-13-21-17)11-14-22(18,19)15-5-3-2-4-6-15/h2-6H,7-14H2,1H3. The zero-order chi connectivity index (χ0) is 15.7. The molecule has 2 fully saturated rings. The summed E-state index contributed by atoms with van der Waals surface area (Å²) in [6.45, 7) is 3.55. The number of hydrogen-bond acceptors (Lipinski definition) is 4. The lowest BCUT2D eigenvalue weighted by molar-refractivity contribution is -0.190. The molecule has 0 atom stereocenters. The van der Waals surface area contributed by atoms with E-state index in [4.69, 9.17) is 9.47 Å². The van der Waals surface area contributed by atoms with Gasteiger partial charge in [-0.15, -0.1) is 0 Å². The Morgan fingerprint density at radius 3 is 2.18 bits per heavy atom. The predicted molar refractivity (Wildman–Crippen MR) is 84.3 cm³/mol. The lowest BCUT2D eigenvalue weighted by Gasteiger charge is -2.41. The Morgan fingerprint density at radius 2 is 1.59 bits per heavy atom. The van der Waals surface area contributed by atoms with E-state index < -0.39 is 9.84 Å². The molecule has 5 heteroatoms. The van der Waals surface area contributed by atoms with Crippen LogP contribution in [0.2, 0.25) is 0 Å². The molecule has 0 amide bonds. The molecule has 1 saturated carbocycles. The van der Waals surface area contributed by atoms with Gasteiger partial charge in [0.1, 0.15) is 0 Å². The predicted octanol–water partition coefficient (Wildman–Crippen LogP) is 3.17. The Hall–Kier alpha value is -0.910. The fraction of sp³-hybridized carbons (Fsp3) is 0.647. The quantitative estimate of drug-likeness (QED) is 0.853. The smallest absolute Gasteiger partial charge is 0.178 e. The number of benzene rings is 1. The Balaban J connectivity index is 1.59. The van der Waals surface area contributed by atoms with Crippen molar-refractivity contribution in [1.29, 1.82) is 0 Å². The summed E-state index contributed by atoms with van der Waals surface area (Å²) in [5.41, 5.74) is 0.0579. The molecule has 122 valence electrons. The topological polar surface area (TPSA) is 52.6 Å². The van der Waals surface area contributed by atoms with Gasteiger partial charge in [0.05, 0.1) is 23.9 Å². The number of rotatable bonds is 4. The molecular formula is C17H24O4S. The van der Waals surface area contributed by atoms with E-state index in [1.165, 1.54) is 0 Å². The lowest BCUT2D eigenvalue weighted by Crippen LogP contribution is -2.39. The minimum atomic E-state index is -3.19. The van der Waals surface area contributed by atoms with Crippen molar-refractivity contribution < 1.29 is 17.9 Å². The van der Waals surface area contributed by atoms with Gasteiger partial charge < -0.3 is 9.47 Å². The van der Waals surface area contributed by atoms with Gasteiger partial charge >= 0.3 is 0 Å². The fourth-order valence-electron chi connectivity index (χ4n) is 3.40. The molecular weight excluding hydrogens is 300 g/mol. The van der Waals surface area contributed by atoms with E-state index in [9.17, 15) is 8.42 Å². The first-order valence-corrected chi connectivity index (χ1v) is 9.64. The van der Waals surface area contributed by atoms with Crippen molar-refractivity contribution in [2.24, 2.45) is 5.41 Å². The van der Waals surface area contributed by atoms with Gasteiger partial charge in [-0.2, -0.15) is 0 Å².